The normalized spacial score (nSPS) is 13.4. The molecule has 1 heterocycles. The first-order valence-corrected chi connectivity index (χ1v) is 11.8. The minimum absolute atomic E-state index is 0.176. The third-order valence-corrected chi connectivity index (χ3v) is 6.21. The largest absolute Gasteiger partial charge is 0.324 e. The topological polar surface area (TPSA) is 109 Å². The van der Waals surface area contributed by atoms with E-state index >= 15 is 0 Å². The van der Waals surface area contributed by atoms with E-state index < -0.39 is 16.0 Å². The van der Waals surface area contributed by atoms with Crippen molar-refractivity contribution in [1.82, 2.24) is 9.78 Å². The van der Waals surface area contributed by atoms with E-state index in [9.17, 15) is 9.00 Å². The van der Waals surface area contributed by atoms with Crippen LogP contribution < -0.4 is 10.6 Å². The van der Waals surface area contributed by atoms with Gasteiger partial charge in [-0.05, 0) is 55.5 Å². The number of anilines is 2. The van der Waals surface area contributed by atoms with Gasteiger partial charge in [-0.2, -0.15) is 5.10 Å². The van der Waals surface area contributed by atoms with E-state index in [-0.39, 0.29) is 16.9 Å². The van der Waals surface area contributed by atoms with Gasteiger partial charge in [0.1, 0.15) is 5.82 Å². The number of benzene rings is 2. The Morgan fingerprint density at radius 3 is 2.31 bits per heavy atom. The van der Waals surface area contributed by atoms with Crippen molar-refractivity contribution >= 4 is 39.1 Å². The van der Waals surface area contributed by atoms with Crippen LogP contribution >= 0.6 is 11.6 Å². The number of carbonyl (C=O) groups excluding carboxylic acids is 1. The van der Waals surface area contributed by atoms with Gasteiger partial charge in [0.25, 0.3) is 0 Å². The van der Waals surface area contributed by atoms with E-state index in [1.807, 2.05) is 26.8 Å². The lowest BCUT2D eigenvalue weighted by Crippen LogP contribution is -2.21. The highest BCUT2D eigenvalue weighted by atomic mass is 35.5. The molecule has 0 aliphatic heterocycles. The van der Waals surface area contributed by atoms with Crippen LogP contribution in [0.15, 0.2) is 59.5 Å². The number of halogens is 1. The van der Waals surface area contributed by atoms with Crippen LogP contribution in [-0.4, -0.2) is 26.6 Å². The summed E-state index contributed by atoms with van der Waals surface area (Å²) in [5.74, 6) is 0.463. The number of rotatable bonds is 6. The van der Waals surface area contributed by atoms with E-state index in [1.54, 1.807) is 60.1 Å². The maximum absolute atomic E-state index is 12.6. The molecule has 32 heavy (non-hydrogen) atoms. The first kappa shape index (κ1) is 23.8. The predicted molar refractivity (Wildman–Crippen MR) is 127 cm³/mol. The molecule has 10 heteroatoms. The molecule has 1 unspecified atom stereocenters. The van der Waals surface area contributed by atoms with Gasteiger partial charge in [0, 0.05) is 22.2 Å². The highest BCUT2D eigenvalue weighted by Crippen LogP contribution is 2.27. The van der Waals surface area contributed by atoms with Gasteiger partial charge < -0.3 is 5.32 Å². The Labute approximate surface area is 193 Å². The van der Waals surface area contributed by atoms with Crippen LogP contribution in [0.3, 0.4) is 0 Å². The van der Waals surface area contributed by atoms with Crippen LogP contribution in [0, 0.1) is 4.78 Å². The van der Waals surface area contributed by atoms with E-state index in [4.69, 9.17) is 20.6 Å². The third kappa shape index (κ3) is 5.67. The Kier molecular flexibility index (Phi) is 6.92. The van der Waals surface area contributed by atoms with Crippen molar-refractivity contribution in [3.8, 4) is 5.69 Å². The third-order valence-electron chi connectivity index (χ3n) is 4.50. The van der Waals surface area contributed by atoms with Gasteiger partial charge in [-0.1, -0.05) is 32.4 Å². The lowest BCUT2D eigenvalue weighted by molar-refractivity contribution is 0.262. The minimum atomic E-state index is -3.31. The summed E-state index contributed by atoms with van der Waals surface area (Å²) in [7, 11) is -3.31. The second kappa shape index (κ2) is 9.32. The second-order valence-corrected chi connectivity index (χ2v) is 10.2. The van der Waals surface area contributed by atoms with Crippen molar-refractivity contribution in [2.24, 2.45) is 0 Å². The van der Waals surface area contributed by atoms with Gasteiger partial charge in [0.05, 0.1) is 22.9 Å². The average molecular weight is 476 g/mol. The Morgan fingerprint density at radius 1 is 1.12 bits per heavy atom. The van der Waals surface area contributed by atoms with Gasteiger partial charge >= 0.3 is 6.03 Å². The molecule has 0 saturated carbocycles. The molecule has 0 aliphatic carbocycles. The first-order valence-electron chi connectivity index (χ1n) is 9.97. The average Bonchev–Trinajstić information content (AvgIpc) is 3.14. The summed E-state index contributed by atoms with van der Waals surface area (Å²) in [5.41, 5.74) is 1.76. The van der Waals surface area contributed by atoms with Crippen molar-refractivity contribution < 1.29 is 13.2 Å². The quantitative estimate of drug-likeness (QED) is 0.417. The van der Waals surface area contributed by atoms with E-state index in [0.717, 1.165) is 5.69 Å². The fourth-order valence-electron chi connectivity index (χ4n) is 2.85. The Hall–Kier alpha value is -2.88. The molecule has 0 bridgehead atoms. The van der Waals surface area contributed by atoms with E-state index in [2.05, 4.69) is 15.7 Å². The molecular weight excluding hydrogens is 450 g/mol. The zero-order valence-electron chi connectivity index (χ0n) is 18.3. The molecule has 0 radical (unpaired) electrons. The molecule has 3 rings (SSSR count). The van der Waals surface area contributed by atoms with E-state index in [0.29, 0.717) is 22.2 Å². The van der Waals surface area contributed by atoms with Crippen LogP contribution in [0.5, 0.6) is 0 Å². The lowest BCUT2D eigenvalue weighted by atomic mass is 9.92. The summed E-state index contributed by atoms with van der Waals surface area (Å²) in [6, 6.07) is 14.7. The van der Waals surface area contributed by atoms with Gasteiger partial charge in [0.15, 0.2) is 10.0 Å². The standard InChI is InChI=1S/C22H26ClN5O3S/c1-5-31-32(24,30)18-12-10-17(11-13-18)28-20(14-19(27-28)22(2,3)4)26-21(29)25-16-8-6-15(23)7-9-16/h6-14,24H,5H2,1-4H3,(H2,25,26,29). The molecule has 1 aromatic heterocycles. The van der Waals surface area contributed by atoms with Crippen molar-refractivity contribution in [3.63, 3.8) is 0 Å². The summed E-state index contributed by atoms with van der Waals surface area (Å²) in [4.78, 5) is 12.9. The van der Waals surface area contributed by atoms with Gasteiger partial charge in [-0.3, -0.25) is 9.50 Å². The maximum Gasteiger partial charge on any atom is 0.324 e. The number of carbonyl (C=O) groups is 1. The molecule has 3 aromatic rings. The van der Waals surface area contributed by atoms with Crippen molar-refractivity contribution in [2.75, 3.05) is 17.2 Å². The molecule has 0 saturated heterocycles. The maximum atomic E-state index is 12.6. The van der Waals surface area contributed by atoms with Crippen LogP contribution in [-0.2, 0) is 19.6 Å². The van der Waals surface area contributed by atoms with Crippen molar-refractivity contribution in [3.05, 3.63) is 65.3 Å². The number of aromatic nitrogens is 2. The number of amides is 2. The molecule has 2 amide bonds. The Balaban J connectivity index is 1.91. The summed E-state index contributed by atoms with van der Waals surface area (Å²) in [5, 5.41) is 10.8. The molecule has 3 N–H and O–H groups in total. The monoisotopic (exact) mass is 475 g/mol. The van der Waals surface area contributed by atoms with Crippen molar-refractivity contribution in [2.45, 2.75) is 38.0 Å². The fraction of sp³-hybridized carbons (Fsp3) is 0.273. The SMILES string of the molecule is CCOS(=N)(=O)c1ccc(-n2nc(C(C)(C)C)cc2NC(=O)Nc2ccc(Cl)cc2)cc1. The molecule has 1 atom stereocenters. The molecule has 8 nitrogen and oxygen atoms in total. The first-order chi connectivity index (χ1) is 15.0. The molecule has 2 aromatic carbocycles. The van der Waals surface area contributed by atoms with Gasteiger partial charge in [-0.25, -0.2) is 18.5 Å². The number of hydrogen-bond donors (Lipinski definition) is 3. The highest BCUT2D eigenvalue weighted by Gasteiger charge is 2.22. The second-order valence-electron chi connectivity index (χ2n) is 8.07. The summed E-state index contributed by atoms with van der Waals surface area (Å²) in [6.45, 7) is 7.94. The number of nitrogens with zero attached hydrogens (tertiary/aromatic N) is 2. The fourth-order valence-corrected chi connectivity index (χ4v) is 3.93. The predicted octanol–water partition coefficient (Wildman–Crippen LogP) is 5.82. The number of nitrogens with one attached hydrogen (secondary N) is 3. The van der Waals surface area contributed by atoms with Crippen LogP contribution in [0.4, 0.5) is 16.3 Å². The lowest BCUT2D eigenvalue weighted by Gasteiger charge is -2.14. The molecule has 0 spiro atoms. The summed E-state index contributed by atoms with van der Waals surface area (Å²) < 4.78 is 26.9. The molecular formula is C22H26ClN5O3S. The zero-order valence-corrected chi connectivity index (χ0v) is 19.9. The van der Waals surface area contributed by atoms with Crippen LogP contribution in [0.25, 0.3) is 5.69 Å². The van der Waals surface area contributed by atoms with Gasteiger partial charge in [0.2, 0.25) is 0 Å². The number of urea groups is 1. The summed E-state index contributed by atoms with van der Waals surface area (Å²) >= 11 is 5.89. The molecule has 0 aliphatic rings. The molecule has 170 valence electrons. The summed E-state index contributed by atoms with van der Waals surface area (Å²) in [6.07, 6.45) is 0. The minimum Gasteiger partial charge on any atom is -0.308 e. The van der Waals surface area contributed by atoms with Crippen LogP contribution in [0.2, 0.25) is 5.02 Å². The Bertz CT molecular complexity index is 1200. The van der Waals surface area contributed by atoms with Gasteiger partial charge in [-0.15, -0.1) is 0 Å². The van der Waals surface area contributed by atoms with Crippen molar-refractivity contribution in [1.29, 1.82) is 4.78 Å². The zero-order chi connectivity index (χ0) is 23.5. The Morgan fingerprint density at radius 2 is 1.75 bits per heavy atom. The molecule has 0 fully saturated rings. The highest BCUT2D eigenvalue weighted by molar-refractivity contribution is 7.87. The van der Waals surface area contributed by atoms with E-state index in [1.165, 1.54) is 0 Å². The smallest absolute Gasteiger partial charge is 0.308 e. The number of hydrogen-bond acceptors (Lipinski definition) is 5. The van der Waals surface area contributed by atoms with Crippen LogP contribution in [0.1, 0.15) is 33.4 Å².